The van der Waals surface area contributed by atoms with Gasteiger partial charge in [0.2, 0.25) is 0 Å². The Hall–Kier alpha value is -1.80. The molecule has 0 aliphatic carbocycles. The maximum absolute atomic E-state index is 13.2. The second-order valence-electron chi connectivity index (χ2n) is 4.06. The number of benzene rings is 2. The average molecular weight is 280 g/mol. The average Bonchev–Trinajstić information content (AvgIpc) is 2.36. The van der Waals surface area contributed by atoms with Crippen LogP contribution in [-0.4, -0.2) is 5.97 Å². The van der Waals surface area contributed by atoms with E-state index in [2.05, 4.69) is 0 Å². The lowest BCUT2D eigenvalue weighted by molar-refractivity contribution is 0.0734. The van der Waals surface area contributed by atoms with Crippen LogP contribution in [0.5, 0.6) is 5.75 Å². The van der Waals surface area contributed by atoms with E-state index in [1.807, 2.05) is 16.2 Å². The van der Waals surface area contributed by atoms with Gasteiger partial charge in [0.15, 0.2) is 11.6 Å². The molecule has 0 saturated carbocycles. The zero-order chi connectivity index (χ0) is 14.0. The van der Waals surface area contributed by atoms with Crippen molar-refractivity contribution in [3.05, 3.63) is 59.2 Å². The Kier molecular flexibility index (Phi) is 3.91. The first kappa shape index (κ1) is 13.6. The van der Waals surface area contributed by atoms with E-state index in [9.17, 15) is 13.6 Å². The SMILES string of the molecule is Cc1ccc(C(=O)Oc2cc(F)c(F)c(P)c2)cc1. The lowest BCUT2D eigenvalue weighted by atomic mass is 10.1. The van der Waals surface area contributed by atoms with E-state index >= 15 is 0 Å². The Morgan fingerprint density at radius 1 is 1.16 bits per heavy atom. The van der Waals surface area contributed by atoms with Gasteiger partial charge in [-0.15, -0.1) is 9.24 Å². The van der Waals surface area contributed by atoms with Crippen molar-refractivity contribution in [2.75, 3.05) is 0 Å². The van der Waals surface area contributed by atoms with Gasteiger partial charge in [-0.25, -0.2) is 13.6 Å². The first-order valence-corrected chi connectivity index (χ1v) is 6.08. The standard InChI is InChI=1S/C14H11F2O2P/c1-8-2-4-9(5-3-8)14(17)18-10-6-11(15)13(16)12(19)7-10/h2-7H,19H2,1H3. The Morgan fingerprint density at radius 2 is 1.79 bits per heavy atom. The molecular formula is C14H11F2O2P. The first-order valence-electron chi connectivity index (χ1n) is 5.51. The third kappa shape index (κ3) is 3.15. The predicted octanol–water partition coefficient (Wildman–Crippen LogP) is 2.99. The van der Waals surface area contributed by atoms with Gasteiger partial charge in [0, 0.05) is 11.4 Å². The summed E-state index contributed by atoms with van der Waals surface area (Å²) in [6.07, 6.45) is 0. The molecule has 1 atom stereocenters. The normalized spacial score (nSPS) is 10.3. The third-order valence-corrected chi connectivity index (χ3v) is 2.95. The molecule has 0 amide bonds. The molecule has 2 aromatic rings. The van der Waals surface area contributed by atoms with Crippen LogP contribution < -0.4 is 10.0 Å². The second-order valence-corrected chi connectivity index (χ2v) is 4.69. The summed E-state index contributed by atoms with van der Waals surface area (Å²) in [4.78, 5) is 11.8. The number of hydrogen-bond acceptors (Lipinski definition) is 2. The van der Waals surface area contributed by atoms with Crippen LogP contribution >= 0.6 is 9.24 Å². The highest BCUT2D eigenvalue weighted by Crippen LogP contribution is 2.17. The van der Waals surface area contributed by atoms with E-state index in [0.29, 0.717) is 5.56 Å². The molecule has 0 N–H and O–H groups in total. The van der Waals surface area contributed by atoms with E-state index in [0.717, 1.165) is 11.6 Å². The van der Waals surface area contributed by atoms with Crippen molar-refractivity contribution in [2.24, 2.45) is 0 Å². The maximum atomic E-state index is 13.2. The lowest BCUT2D eigenvalue weighted by Crippen LogP contribution is -2.11. The minimum atomic E-state index is -1.06. The van der Waals surface area contributed by atoms with Crippen LogP contribution in [-0.2, 0) is 0 Å². The summed E-state index contributed by atoms with van der Waals surface area (Å²) in [5.41, 5.74) is 1.36. The van der Waals surface area contributed by atoms with Crippen molar-refractivity contribution in [3.63, 3.8) is 0 Å². The Bertz CT molecular complexity index is 601. The summed E-state index contributed by atoms with van der Waals surface area (Å²) in [5, 5.41) is 0.00621. The van der Waals surface area contributed by atoms with Crippen molar-refractivity contribution in [3.8, 4) is 5.75 Å². The first-order chi connectivity index (χ1) is 8.97. The van der Waals surface area contributed by atoms with Crippen LogP contribution in [0.2, 0.25) is 0 Å². The molecule has 0 spiro atoms. The Balaban J connectivity index is 2.22. The molecule has 98 valence electrons. The molecule has 5 heteroatoms. The van der Waals surface area contributed by atoms with Crippen molar-refractivity contribution < 1.29 is 18.3 Å². The molecule has 0 aliphatic rings. The van der Waals surface area contributed by atoms with Gasteiger partial charge in [0.25, 0.3) is 0 Å². The highest BCUT2D eigenvalue weighted by Gasteiger charge is 2.12. The summed E-state index contributed by atoms with van der Waals surface area (Å²) in [7, 11) is 2.05. The number of ether oxygens (including phenoxy) is 1. The summed E-state index contributed by atoms with van der Waals surface area (Å²) in [5.74, 6) is -2.68. The topological polar surface area (TPSA) is 26.3 Å². The molecule has 0 heterocycles. The molecule has 0 fully saturated rings. The zero-order valence-electron chi connectivity index (χ0n) is 10.1. The van der Waals surface area contributed by atoms with E-state index < -0.39 is 17.6 Å². The highest BCUT2D eigenvalue weighted by atomic mass is 31.0. The number of carbonyl (C=O) groups excluding carboxylic acids is 1. The van der Waals surface area contributed by atoms with Gasteiger partial charge < -0.3 is 4.74 Å². The smallest absolute Gasteiger partial charge is 0.343 e. The summed E-state index contributed by atoms with van der Waals surface area (Å²) in [6, 6.07) is 8.84. The van der Waals surface area contributed by atoms with E-state index in [1.165, 1.54) is 6.07 Å². The van der Waals surface area contributed by atoms with Crippen molar-refractivity contribution in [2.45, 2.75) is 6.92 Å². The second kappa shape index (κ2) is 5.45. The van der Waals surface area contributed by atoms with E-state index in [-0.39, 0.29) is 11.1 Å². The number of rotatable bonds is 2. The zero-order valence-corrected chi connectivity index (χ0v) is 11.3. The number of hydrogen-bond donors (Lipinski definition) is 0. The summed E-state index contributed by atoms with van der Waals surface area (Å²) in [6.45, 7) is 1.89. The summed E-state index contributed by atoms with van der Waals surface area (Å²) < 4.78 is 31.2. The molecule has 2 aromatic carbocycles. The van der Waals surface area contributed by atoms with Gasteiger partial charge in [0.05, 0.1) is 5.56 Å². The van der Waals surface area contributed by atoms with E-state index in [1.54, 1.807) is 24.3 Å². The fraction of sp³-hybridized carbons (Fsp3) is 0.0714. The molecular weight excluding hydrogens is 269 g/mol. The highest BCUT2D eigenvalue weighted by molar-refractivity contribution is 7.27. The van der Waals surface area contributed by atoms with Crippen LogP contribution in [0.4, 0.5) is 8.78 Å². The van der Waals surface area contributed by atoms with Crippen molar-refractivity contribution in [1.29, 1.82) is 0 Å². The van der Waals surface area contributed by atoms with Crippen LogP contribution in [0.1, 0.15) is 15.9 Å². The van der Waals surface area contributed by atoms with Crippen LogP contribution in [0, 0.1) is 18.6 Å². The number of carbonyl (C=O) groups is 1. The van der Waals surface area contributed by atoms with Gasteiger partial charge in [-0.05, 0) is 25.1 Å². The Morgan fingerprint density at radius 3 is 2.37 bits per heavy atom. The molecule has 0 radical (unpaired) electrons. The molecule has 0 saturated heterocycles. The molecule has 19 heavy (non-hydrogen) atoms. The quantitative estimate of drug-likeness (QED) is 0.480. The van der Waals surface area contributed by atoms with Crippen LogP contribution in [0.15, 0.2) is 36.4 Å². The van der Waals surface area contributed by atoms with Gasteiger partial charge in [-0.1, -0.05) is 17.7 Å². The largest absolute Gasteiger partial charge is 0.423 e. The predicted molar refractivity (Wildman–Crippen MR) is 71.8 cm³/mol. The molecule has 2 rings (SSSR count). The minimum Gasteiger partial charge on any atom is -0.423 e. The minimum absolute atomic E-state index is 0.00621. The van der Waals surface area contributed by atoms with Gasteiger partial charge in [0.1, 0.15) is 5.75 Å². The fourth-order valence-electron chi connectivity index (χ4n) is 1.50. The molecule has 2 nitrogen and oxygen atoms in total. The molecule has 0 aliphatic heterocycles. The maximum Gasteiger partial charge on any atom is 0.343 e. The molecule has 0 bridgehead atoms. The summed E-state index contributed by atoms with van der Waals surface area (Å²) >= 11 is 0. The van der Waals surface area contributed by atoms with Crippen LogP contribution in [0.3, 0.4) is 0 Å². The number of halogens is 2. The van der Waals surface area contributed by atoms with Crippen LogP contribution in [0.25, 0.3) is 0 Å². The van der Waals surface area contributed by atoms with Gasteiger partial charge in [-0.2, -0.15) is 0 Å². The lowest BCUT2D eigenvalue weighted by Gasteiger charge is -2.06. The van der Waals surface area contributed by atoms with Gasteiger partial charge >= 0.3 is 5.97 Å². The third-order valence-electron chi connectivity index (χ3n) is 2.53. The number of esters is 1. The van der Waals surface area contributed by atoms with Crippen molar-refractivity contribution in [1.82, 2.24) is 0 Å². The monoisotopic (exact) mass is 280 g/mol. The Labute approximate surface area is 111 Å². The van der Waals surface area contributed by atoms with Gasteiger partial charge in [-0.3, -0.25) is 0 Å². The number of aryl methyl sites for hydroxylation is 1. The molecule has 0 aromatic heterocycles. The molecule has 1 unspecified atom stereocenters. The van der Waals surface area contributed by atoms with E-state index in [4.69, 9.17) is 4.74 Å². The fourth-order valence-corrected chi connectivity index (χ4v) is 1.80. The van der Waals surface area contributed by atoms with Crippen molar-refractivity contribution >= 4 is 20.5 Å².